The Morgan fingerprint density at radius 2 is 1.74 bits per heavy atom. The number of piperidine rings is 1. The van der Waals surface area contributed by atoms with E-state index in [1.807, 2.05) is 0 Å². The molecule has 2 bridgehead atoms. The fraction of sp³-hybridized carbons (Fsp3) is 0.619. The molecular weight excluding hydrogens is 485 g/mol. The van der Waals surface area contributed by atoms with E-state index in [1.54, 1.807) is 0 Å². The van der Waals surface area contributed by atoms with Gasteiger partial charge in [-0.1, -0.05) is 0 Å². The van der Waals surface area contributed by atoms with Gasteiger partial charge >= 0.3 is 12.7 Å². The van der Waals surface area contributed by atoms with Crippen LogP contribution in [0, 0.1) is 0 Å². The summed E-state index contributed by atoms with van der Waals surface area (Å²) in [6, 6.07) is 3.23. The van der Waals surface area contributed by atoms with E-state index in [9.17, 15) is 31.5 Å². The quantitative estimate of drug-likeness (QED) is 0.485. The van der Waals surface area contributed by atoms with Crippen molar-refractivity contribution >= 4 is 11.8 Å². The minimum absolute atomic E-state index is 0.0730. The highest BCUT2D eigenvalue weighted by Crippen LogP contribution is 2.60. The van der Waals surface area contributed by atoms with Crippen LogP contribution in [0.15, 0.2) is 18.2 Å². The lowest BCUT2D eigenvalue weighted by atomic mass is 9.44. The summed E-state index contributed by atoms with van der Waals surface area (Å²) < 4.78 is 81.1. The Hall–Kier alpha value is -2.87. The second-order valence-electron chi connectivity index (χ2n) is 9.42. The predicted molar refractivity (Wildman–Crippen MR) is 106 cm³/mol. The highest BCUT2D eigenvalue weighted by molar-refractivity contribution is 5.84. The summed E-state index contributed by atoms with van der Waals surface area (Å²) in [5, 5.41) is 8.61. The van der Waals surface area contributed by atoms with Crippen LogP contribution in [0.25, 0.3) is 0 Å². The van der Waals surface area contributed by atoms with Gasteiger partial charge in [0.2, 0.25) is 5.91 Å². The number of ether oxygens (including phenoxy) is 4. The van der Waals surface area contributed by atoms with Gasteiger partial charge in [0.05, 0.1) is 12.1 Å². The van der Waals surface area contributed by atoms with Crippen molar-refractivity contribution in [1.29, 1.82) is 0 Å². The molecule has 3 N–H and O–H groups in total. The number of halogens is 5. The van der Waals surface area contributed by atoms with Gasteiger partial charge in [0.25, 0.3) is 5.91 Å². The van der Waals surface area contributed by atoms with Crippen LogP contribution in [0.1, 0.15) is 32.1 Å². The fourth-order valence-corrected chi connectivity index (χ4v) is 5.25. The van der Waals surface area contributed by atoms with E-state index in [4.69, 9.17) is 4.74 Å². The molecule has 2 unspecified atom stereocenters. The van der Waals surface area contributed by atoms with Crippen LogP contribution < -0.4 is 30.2 Å². The summed E-state index contributed by atoms with van der Waals surface area (Å²) in [4.78, 5) is 24.8. The summed E-state index contributed by atoms with van der Waals surface area (Å²) in [7, 11) is 0. The molecule has 1 aromatic rings. The van der Waals surface area contributed by atoms with E-state index in [-0.39, 0.29) is 49.1 Å². The molecule has 0 radical (unpaired) electrons. The summed E-state index contributed by atoms with van der Waals surface area (Å²) in [5.74, 6) is -0.861. The maximum atomic E-state index is 13.1. The average molecular weight is 507 g/mol. The standard InChI is InChI=1S/C21H22F5N3O6/c22-20(23,24)33-12-1-3-13(27-6-12)17(31)29-19-8-18(9-19,10-19)28-16(30)7-32-11-2-4-14-15(5-11)35-21(25,26)34-14/h2,4-5,12-13,27H,1,3,6-10H2,(H,28,30)(H,29,31). The van der Waals surface area contributed by atoms with Crippen LogP contribution in [-0.2, 0) is 14.3 Å². The summed E-state index contributed by atoms with van der Waals surface area (Å²) >= 11 is 0. The number of alkyl halides is 5. The number of nitrogens with one attached hydrogen (secondary N) is 3. The number of amides is 2. The second kappa shape index (κ2) is 8.08. The smallest absolute Gasteiger partial charge is 0.484 e. The lowest BCUT2D eigenvalue weighted by Crippen LogP contribution is -2.84. The molecule has 9 nitrogen and oxygen atoms in total. The summed E-state index contributed by atoms with van der Waals surface area (Å²) in [6.45, 7) is -0.416. The van der Waals surface area contributed by atoms with Gasteiger partial charge in [0, 0.05) is 23.7 Å². The zero-order chi connectivity index (χ0) is 25.1. The summed E-state index contributed by atoms with van der Waals surface area (Å²) in [6.07, 6.45) is -7.55. The molecule has 0 aromatic heterocycles. The Morgan fingerprint density at radius 1 is 1.06 bits per heavy atom. The van der Waals surface area contributed by atoms with Crippen molar-refractivity contribution in [2.45, 2.75) is 68.0 Å². The molecule has 0 spiro atoms. The van der Waals surface area contributed by atoms with Crippen molar-refractivity contribution in [1.82, 2.24) is 16.0 Å². The average Bonchev–Trinajstić information content (AvgIpc) is 3.02. The van der Waals surface area contributed by atoms with E-state index >= 15 is 0 Å². The SMILES string of the molecule is O=C(COc1ccc2c(c1)OC(F)(F)O2)NC12CC(NC(=O)C3CCC(OC(F)(F)F)CN3)(C1)C2. The van der Waals surface area contributed by atoms with Gasteiger partial charge in [-0.15, -0.1) is 22.0 Å². The maximum Gasteiger partial charge on any atom is 0.586 e. The van der Waals surface area contributed by atoms with Crippen LogP contribution in [0.3, 0.4) is 0 Å². The first-order chi connectivity index (χ1) is 16.3. The van der Waals surface area contributed by atoms with Crippen molar-refractivity contribution in [2.75, 3.05) is 13.2 Å². The minimum atomic E-state index is -4.71. The van der Waals surface area contributed by atoms with Crippen molar-refractivity contribution in [3.63, 3.8) is 0 Å². The first-order valence-corrected chi connectivity index (χ1v) is 11.0. The monoisotopic (exact) mass is 507 g/mol. The van der Waals surface area contributed by atoms with Gasteiger partial charge in [-0.05, 0) is 44.2 Å². The molecule has 3 saturated carbocycles. The summed E-state index contributed by atoms with van der Waals surface area (Å²) in [5.41, 5.74) is -0.884. The van der Waals surface area contributed by atoms with Crippen molar-refractivity contribution in [3.05, 3.63) is 18.2 Å². The minimum Gasteiger partial charge on any atom is -0.484 e. The van der Waals surface area contributed by atoms with Crippen LogP contribution in [-0.4, -0.2) is 60.8 Å². The zero-order valence-corrected chi connectivity index (χ0v) is 18.2. The van der Waals surface area contributed by atoms with E-state index in [2.05, 4.69) is 30.2 Å². The number of carbonyl (C=O) groups is 2. The molecule has 6 rings (SSSR count). The molecule has 4 fully saturated rings. The molecule has 2 heterocycles. The van der Waals surface area contributed by atoms with Crippen LogP contribution in [0.2, 0.25) is 0 Å². The third-order valence-corrected chi connectivity index (χ3v) is 6.55. The lowest BCUT2D eigenvalue weighted by molar-refractivity contribution is -0.343. The van der Waals surface area contributed by atoms with E-state index in [0.29, 0.717) is 19.3 Å². The van der Waals surface area contributed by atoms with E-state index in [0.717, 1.165) is 0 Å². The normalized spacial score (nSPS) is 32.1. The van der Waals surface area contributed by atoms with Crippen LogP contribution in [0.5, 0.6) is 17.2 Å². The molecule has 2 aliphatic heterocycles. The van der Waals surface area contributed by atoms with Crippen molar-refractivity contribution in [3.8, 4) is 17.2 Å². The first-order valence-electron chi connectivity index (χ1n) is 11.0. The largest absolute Gasteiger partial charge is 0.586 e. The Kier molecular flexibility index (Phi) is 5.51. The number of hydrogen-bond donors (Lipinski definition) is 3. The van der Waals surface area contributed by atoms with Gasteiger partial charge in [0.1, 0.15) is 5.75 Å². The van der Waals surface area contributed by atoms with Gasteiger partial charge in [-0.2, -0.15) is 0 Å². The first kappa shape index (κ1) is 23.9. The molecule has 5 aliphatic rings. The van der Waals surface area contributed by atoms with Gasteiger partial charge in [-0.3, -0.25) is 14.3 Å². The molecule has 35 heavy (non-hydrogen) atoms. The molecule has 3 aliphatic carbocycles. The van der Waals surface area contributed by atoms with Gasteiger partial charge in [0.15, 0.2) is 18.1 Å². The van der Waals surface area contributed by atoms with E-state index < -0.39 is 41.8 Å². The topological polar surface area (TPSA) is 107 Å². The number of fused-ring (bicyclic) bond motifs is 1. The third-order valence-electron chi connectivity index (χ3n) is 6.55. The Bertz CT molecular complexity index is 1010. The molecule has 2 atom stereocenters. The Morgan fingerprint density at radius 3 is 2.40 bits per heavy atom. The Labute approximate surface area is 195 Å². The third kappa shape index (κ3) is 5.08. The molecular formula is C21H22F5N3O6. The van der Waals surface area contributed by atoms with Crippen molar-refractivity contribution < 1.29 is 50.5 Å². The van der Waals surface area contributed by atoms with Gasteiger partial charge in [-0.25, -0.2) is 0 Å². The molecule has 1 aromatic carbocycles. The highest BCUT2D eigenvalue weighted by Gasteiger charge is 2.69. The fourth-order valence-electron chi connectivity index (χ4n) is 5.25. The molecule has 192 valence electrons. The predicted octanol–water partition coefficient (Wildman–Crippen LogP) is 1.95. The number of benzene rings is 1. The lowest BCUT2D eigenvalue weighted by Gasteiger charge is -2.70. The van der Waals surface area contributed by atoms with Crippen LogP contribution in [0.4, 0.5) is 22.0 Å². The van der Waals surface area contributed by atoms with Gasteiger partial charge < -0.3 is 30.2 Å². The van der Waals surface area contributed by atoms with Crippen molar-refractivity contribution in [2.24, 2.45) is 0 Å². The number of rotatable bonds is 7. The van der Waals surface area contributed by atoms with E-state index in [1.165, 1.54) is 18.2 Å². The Balaban J connectivity index is 1.02. The van der Waals surface area contributed by atoms with Crippen LogP contribution >= 0.6 is 0 Å². The molecule has 1 saturated heterocycles. The molecule has 14 heteroatoms. The highest BCUT2D eigenvalue weighted by atomic mass is 19.4. The maximum absolute atomic E-state index is 13.1. The molecule has 2 amide bonds. The number of hydrogen-bond acceptors (Lipinski definition) is 7. The second-order valence-corrected chi connectivity index (χ2v) is 9.42. The zero-order valence-electron chi connectivity index (χ0n) is 18.2. The number of carbonyl (C=O) groups excluding carboxylic acids is 2.